The lowest BCUT2D eigenvalue weighted by molar-refractivity contribution is 0.410. The number of rotatable bonds is 3. The zero-order valence-electron chi connectivity index (χ0n) is 12.1. The lowest BCUT2D eigenvalue weighted by atomic mass is 10.2. The van der Waals surface area contributed by atoms with E-state index in [1.807, 2.05) is 25.3 Å². The van der Waals surface area contributed by atoms with Crippen molar-refractivity contribution in [1.82, 2.24) is 14.5 Å². The standard InChI is InChI=1S/C15H15N3O2S/c1-9-5-16-11(4-12(9)20-3)6-18-8-17-13-10(2)7-21-14(13)15(18)19/h4-5,7-8H,6H2,1-3H3. The molecule has 0 spiro atoms. The molecule has 0 atom stereocenters. The Bertz CT molecular complexity index is 867. The van der Waals surface area contributed by atoms with Gasteiger partial charge < -0.3 is 4.74 Å². The average Bonchev–Trinajstić information content (AvgIpc) is 2.86. The molecular formula is C15H15N3O2S. The van der Waals surface area contributed by atoms with E-state index < -0.39 is 0 Å². The number of nitrogens with zero attached hydrogens (tertiary/aromatic N) is 3. The Morgan fingerprint density at radius 3 is 2.86 bits per heavy atom. The van der Waals surface area contributed by atoms with Gasteiger partial charge >= 0.3 is 0 Å². The number of methoxy groups -OCH3 is 1. The molecule has 0 N–H and O–H groups in total. The van der Waals surface area contributed by atoms with Gasteiger partial charge in [0.05, 0.1) is 31.2 Å². The van der Waals surface area contributed by atoms with Gasteiger partial charge in [0.15, 0.2) is 0 Å². The van der Waals surface area contributed by atoms with Crippen molar-refractivity contribution in [2.45, 2.75) is 20.4 Å². The Balaban J connectivity index is 2.02. The molecular weight excluding hydrogens is 286 g/mol. The highest BCUT2D eigenvalue weighted by molar-refractivity contribution is 7.17. The maximum Gasteiger partial charge on any atom is 0.271 e. The summed E-state index contributed by atoms with van der Waals surface area (Å²) in [6.07, 6.45) is 3.33. The highest BCUT2D eigenvalue weighted by Gasteiger charge is 2.10. The van der Waals surface area contributed by atoms with Crippen molar-refractivity contribution >= 4 is 21.6 Å². The summed E-state index contributed by atoms with van der Waals surface area (Å²) in [7, 11) is 1.63. The SMILES string of the molecule is COc1cc(Cn2cnc3c(C)csc3c2=O)ncc1C. The van der Waals surface area contributed by atoms with Crippen LogP contribution in [0.5, 0.6) is 5.75 Å². The molecule has 108 valence electrons. The predicted octanol–water partition coefficient (Wildman–Crippen LogP) is 2.53. The van der Waals surface area contributed by atoms with Crippen molar-refractivity contribution in [3.8, 4) is 5.75 Å². The molecule has 0 aromatic carbocycles. The van der Waals surface area contributed by atoms with Crippen LogP contribution in [-0.4, -0.2) is 21.6 Å². The Hall–Kier alpha value is -2.21. The van der Waals surface area contributed by atoms with Crippen molar-refractivity contribution in [1.29, 1.82) is 0 Å². The topological polar surface area (TPSA) is 57.0 Å². The summed E-state index contributed by atoms with van der Waals surface area (Å²) >= 11 is 1.43. The second-order valence-corrected chi connectivity index (χ2v) is 5.80. The quantitative estimate of drug-likeness (QED) is 0.746. The number of pyridine rings is 1. The average molecular weight is 301 g/mol. The molecule has 21 heavy (non-hydrogen) atoms. The molecule has 0 unspecified atom stereocenters. The molecule has 3 rings (SSSR count). The normalized spacial score (nSPS) is 11.0. The van der Waals surface area contributed by atoms with E-state index in [0.29, 0.717) is 11.2 Å². The second kappa shape index (κ2) is 5.29. The van der Waals surface area contributed by atoms with E-state index in [2.05, 4.69) is 9.97 Å². The number of hydrogen-bond acceptors (Lipinski definition) is 5. The molecule has 0 saturated heterocycles. The van der Waals surface area contributed by atoms with Crippen LogP contribution in [0.2, 0.25) is 0 Å². The van der Waals surface area contributed by atoms with Gasteiger partial charge in [-0.05, 0) is 24.8 Å². The third kappa shape index (κ3) is 2.42. The van der Waals surface area contributed by atoms with Gasteiger partial charge in [0.1, 0.15) is 10.4 Å². The van der Waals surface area contributed by atoms with Crippen LogP contribution < -0.4 is 10.3 Å². The highest BCUT2D eigenvalue weighted by Crippen LogP contribution is 2.20. The number of hydrogen-bond donors (Lipinski definition) is 0. The summed E-state index contributed by atoms with van der Waals surface area (Å²) in [6.45, 7) is 4.28. The molecule has 0 bridgehead atoms. The molecule has 3 aromatic rings. The molecule has 0 fully saturated rings. The van der Waals surface area contributed by atoms with E-state index in [0.717, 1.165) is 28.1 Å². The van der Waals surface area contributed by atoms with Crippen molar-refractivity contribution in [3.63, 3.8) is 0 Å². The van der Waals surface area contributed by atoms with Gasteiger partial charge in [-0.25, -0.2) is 4.98 Å². The van der Waals surface area contributed by atoms with Crippen LogP contribution in [0.1, 0.15) is 16.8 Å². The van der Waals surface area contributed by atoms with E-state index in [4.69, 9.17) is 4.74 Å². The molecule has 5 nitrogen and oxygen atoms in total. The van der Waals surface area contributed by atoms with Crippen LogP contribution in [-0.2, 0) is 6.54 Å². The van der Waals surface area contributed by atoms with Crippen LogP contribution >= 0.6 is 11.3 Å². The van der Waals surface area contributed by atoms with Gasteiger partial charge in [0.2, 0.25) is 0 Å². The fourth-order valence-corrected chi connectivity index (χ4v) is 3.15. The van der Waals surface area contributed by atoms with Gasteiger partial charge in [0.25, 0.3) is 5.56 Å². The molecule has 3 heterocycles. The lowest BCUT2D eigenvalue weighted by Gasteiger charge is -2.08. The Kier molecular flexibility index (Phi) is 3.47. The van der Waals surface area contributed by atoms with Crippen molar-refractivity contribution in [2.24, 2.45) is 0 Å². The van der Waals surface area contributed by atoms with Gasteiger partial charge in [-0.1, -0.05) is 0 Å². The van der Waals surface area contributed by atoms with Crippen LogP contribution in [0.15, 0.2) is 28.8 Å². The minimum atomic E-state index is -0.0283. The third-order valence-electron chi connectivity index (χ3n) is 3.39. The minimum Gasteiger partial charge on any atom is -0.496 e. The van der Waals surface area contributed by atoms with Crippen molar-refractivity contribution < 1.29 is 4.74 Å². The largest absolute Gasteiger partial charge is 0.496 e. The van der Waals surface area contributed by atoms with Gasteiger partial charge in [0, 0.05) is 17.8 Å². The fourth-order valence-electron chi connectivity index (χ4n) is 2.20. The van der Waals surface area contributed by atoms with Crippen LogP contribution in [0.25, 0.3) is 10.2 Å². The second-order valence-electron chi connectivity index (χ2n) is 4.92. The Morgan fingerprint density at radius 2 is 2.10 bits per heavy atom. The number of aryl methyl sites for hydroxylation is 2. The zero-order chi connectivity index (χ0) is 15.0. The monoisotopic (exact) mass is 301 g/mol. The zero-order valence-corrected chi connectivity index (χ0v) is 12.9. The van der Waals surface area contributed by atoms with Crippen molar-refractivity contribution in [2.75, 3.05) is 7.11 Å². The van der Waals surface area contributed by atoms with Crippen molar-refractivity contribution in [3.05, 3.63) is 51.1 Å². The van der Waals surface area contributed by atoms with Gasteiger partial charge in [-0.15, -0.1) is 11.3 Å². The number of fused-ring (bicyclic) bond motifs is 1. The van der Waals surface area contributed by atoms with Crippen LogP contribution in [0, 0.1) is 13.8 Å². The first kappa shape index (κ1) is 13.8. The van der Waals surface area contributed by atoms with E-state index in [-0.39, 0.29) is 5.56 Å². The highest BCUT2D eigenvalue weighted by atomic mass is 32.1. The Labute approximate surface area is 125 Å². The molecule has 0 aliphatic heterocycles. The molecule has 0 amide bonds. The smallest absolute Gasteiger partial charge is 0.271 e. The molecule has 0 radical (unpaired) electrons. The van der Waals surface area contributed by atoms with Crippen LogP contribution in [0.3, 0.4) is 0 Å². The maximum absolute atomic E-state index is 12.4. The first-order valence-corrected chi connectivity index (χ1v) is 7.41. The van der Waals surface area contributed by atoms with Gasteiger partial charge in [-0.2, -0.15) is 0 Å². The molecule has 0 aliphatic carbocycles. The summed E-state index contributed by atoms with van der Waals surface area (Å²) in [6, 6.07) is 1.85. The first-order chi connectivity index (χ1) is 10.1. The molecule has 3 aromatic heterocycles. The first-order valence-electron chi connectivity index (χ1n) is 6.53. The van der Waals surface area contributed by atoms with E-state index in [1.54, 1.807) is 24.2 Å². The summed E-state index contributed by atoms with van der Waals surface area (Å²) in [4.78, 5) is 21.2. The lowest BCUT2D eigenvalue weighted by Crippen LogP contribution is -2.20. The fraction of sp³-hybridized carbons (Fsp3) is 0.267. The summed E-state index contributed by atoms with van der Waals surface area (Å²) in [5, 5.41) is 1.95. The minimum absolute atomic E-state index is 0.0283. The number of ether oxygens (including phenoxy) is 1. The van der Waals surface area contributed by atoms with E-state index in [9.17, 15) is 4.79 Å². The van der Waals surface area contributed by atoms with Gasteiger partial charge in [-0.3, -0.25) is 14.3 Å². The number of thiophene rings is 1. The maximum atomic E-state index is 12.4. The summed E-state index contributed by atoms with van der Waals surface area (Å²) in [5.74, 6) is 0.772. The summed E-state index contributed by atoms with van der Waals surface area (Å²) in [5.41, 5.74) is 3.54. The Morgan fingerprint density at radius 1 is 1.29 bits per heavy atom. The predicted molar refractivity (Wildman–Crippen MR) is 83.2 cm³/mol. The van der Waals surface area contributed by atoms with E-state index in [1.165, 1.54) is 11.3 Å². The molecule has 0 saturated carbocycles. The number of aromatic nitrogens is 3. The molecule has 0 aliphatic rings. The summed E-state index contributed by atoms with van der Waals surface area (Å²) < 4.78 is 7.55. The third-order valence-corrected chi connectivity index (χ3v) is 4.46. The molecule has 6 heteroatoms. The van der Waals surface area contributed by atoms with E-state index >= 15 is 0 Å². The van der Waals surface area contributed by atoms with Crippen LogP contribution in [0.4, 0.5) is 0 Å².